The third-order valence-corrected chi connectivity index (χ3v) is 5.25. The summed E-state index contributed by atoms with van der Waals surface area (Å²) in [6.45, 7) is 5.42. The molecule has 1 unspecified atom stereocenters. The van der Waals surface area contributed by atoms with Gasteiger partial charge in [0.1, 0.15) is 0 Å². The van der Waals surface area contributed by atoms with Crippen molar-refractivity contribution in [1.82, 2.24) is 10.6 Å². The SMILES string of the molecule is C/C1=C/NC/C=C\C(C2(C)CCC[C@@H](c3ccccc3)C2)=C/N1. The number of rotatable bonds is 2. The van der Waals surface area contributed by atoms with Crippen LogP contribution < -0.4 is 10.6 Å². The van der Waals surface area contributed by atoms with E-state index in [2.05, 4.69) is 73.2 Å². The molecule has 1 aliphatic heterocycles. The van der Waals surface area contributed by atoms with E-state index < -0.39 is 0 Å². The average molecular weight is 308 g/mol. The van der Waals surface area contributed by atoms with Crippen LogP contribution in [0.3, 0.4) is 0 Å². The van der Waals surface area contributed by atoms with Gasteiger partial charge >= 0.3 is 0 Å². The van der Waals surface area contributed by atoms with Gasteiger partial charge in [-0.3, -0.25) is 0 Å². The van der Waals surface area contributed by atoms with E-state index in [1.54, 1.807) is 0 Å². The van der Waals surface area contributed by atoms with Crippen LogP contribution in [0.15, 0.2) is 66.2 Å². The Bertz CT molecular complexity index is 612. The van der Waals surface area contributed by atoms with Crippen LogP contribution in [0.1, 0.15) is 51.0 Å². The molecule has 23 heavy (non-hydrogen) atoms. The molecule has 3 rings (SSSR count). The van der Waals surface area contributed by atoms with Crippen molar-refractivity contribution >= 4 is 0 Å². The molecular formula is C21H28N2. The summed E-state index contributed by atoms with van der Waals surface area (Å²) in [7, 11) is 0. The van der Waals surface area contributed by atoms with Crippen molar-refractivity contribution in [2.75, 3.05) is 6.54 Å². The monoisotopic (exact) mass is 308 g/mol. The fourth-order valence-electron chi connectivity index (χ4n) is 3.88. The number of hydrogen-bond acceptors (Lipinski definition) is 2. The summed E-state index contributed by atoms with van der Waals surface area (Å²) < 4.78 is 0. The summed E-state index contributed by atoms with van der Waals surface area (Å²) in [5.74, 6) is 0.673. The van der Waals surface area contributed by atoms with Gasteiger partial charge in [0, 0.05) is 24.6 Å². The van der Waals surface area contributed by atoms with Crippen molar-refractivity contribution in [3.63, 3.8) is 0 Å². The fourth-order valence-corrected chi connectivity index (χ4v) is 3.88. The Labute approximate surface area is 140 Å². The molecule has 2 aliphatic rings. The van der Waals surface area contributed by atoms with Crippen LogP contribution in [0.5, 0.6) is 0 Å². The number of allylic oxidation sites excluding steroid dienone is 3. The van der Waals surface area contributed by atoms with Crippen molar-refractivity contribution in [1.29, 1.82) is 0 Å². The van der Waals surface area contributed by atoms with Gasteiger partial charge in [-0.2, -0.15) is 0 Å². The Morgan fingerprint density at radius 3 is 2.78 bits per heavy atom. The second kappa shape index (κ2) is 7.08. The zero-order chi connectivity index (χ0) is 16.1. The van der Waals surface area contributed by atoms with Crippen LogP contribution in [-0.2, 0) is 0 Å². The van der Waals surface area contributed by atoms with Crippen LogP contribution in [-0.4, -0.2) is 6.54 Å². The number of nitrogens with one attached hydrogen (secondary N) is 2. The van der Waals surface area contributed by atoms with Crippen molar-refractivity contribution in [2.45, 2.75) is 45.4 Å². The zero-order valence-corrected chi connectivity index (χ0v) is 14.3. The Kier molecular flexibility index (Phi) is 4.90. The highest BCUT2D eigenvalue weighted by atomic mass is 14.9. The summed E-state index contributed by atoms with van der Waals surface area (Å²) in [6.07, 6.45) is 13.9. The molecule has 2 nitrogen and oxygen atoms in total. The molecule has 122 valence electrons. The molecule has 1 aromatic rings. The Hall–Kier alpha value is -1.96. The van der Waals surface area contributed by atoms with Gasteiger partial charge in [0.25, 0.3) is 0 Å². The highest BCUT2D eigenvalue weighted by Crippen LogP contribution is 2.48. The quantitative estimate of drug-likeness (QED) is 0.816. The molecule has 1 saturated carbocycles. The van der Waals surface area contributed by atoms with Gasteiger partial charge in [0.2, 0.25) is 0 Å². The third kappa shape index (κ3) is 3.87. The minimum atomic E-state index is 0.243. The van der Waals surface area contributed by atoms with E-state index in [0.29, 0.717) is 5.92 Å². The minimum absolute atomic E-state index is 0.243. The fraction of sp³-hybridized carbons (Fsp3) is 0.429. The zero-order valence-electron chi connectivity index (χ0n) is 14.3. The van der Waals surface area contributed by atoms with Gasteiger partial charge in [-0.25, -0.2) is 0 Å². The summed E-state index contributed by atoms with van der Waals surface area (Å²) in [4.78, 5) is 0. The maximum atomic E-state index is 3.44. The molecule has 0 radical (unpaired) electrons. The van der Waals surface area contributed by atoms with Gasteiger partial charge < -0.3 is 10.6 Å². The average Bonchev–Trinajstić information content (AvgIpc) is 2.68. The molecule has 2 atom stereocenters. The molecule has 1 aliphatic carbocycles. The van der Waals surface area contributed by atoms with E-state index in [4.69, 9.17) is 0 Å². The van der Waals surface area contributed by atoms with Crippen molar-refractivity contribution in [3.8, 4) is 0 Å². The maximum absolute atomic E-state index is 3.44. The highest BCUT2D eigenvalue weighted by Gasteiger charge is 2.35. The molecule has 2 N–H and O–H groups in total. The molecule has 1 fully saturated rings. The summed E-state index contributed by atoms with van der Waals surface area (Å²) in [5.41, 5.74) is 4.32. The van der Waals surface area contributed by atoms with E-state index >= 15 is 0 Å². The summed E-state index contributed by atoms with van der Waals surface area (Å²) in [6, 6.07) is 11.0. The first kappa shape index (κ1) is 15.9. The van der Waals surface area contributed by atoms with Crippen LogP contribution in [0.2, 0.25) is 0 Å². The van der Waals surface area contributed by atoms with E-state index in [-0.39, 0.29) is 5.41 Å². The number of hydrogen-bond donors (Lipinski definition) is 2. The molecule has 0 bridgehead atoms. The normalized spacial score (nSPS) is 34.3. The minimum Gasteiger partial charge on any atom is -0.386 e. The lowest BCUT2D eigenvalue weighted by atomic mass is 9.65. The molecule has 0 saturated heterocycles. The highest BCUT2D eigenvalue weighted by molar-refractivity contribution is 5.31. The van der Waals surface area contributed by atoms with E-state index in [0.717, 1.165) is 12.2 Å². The Morgan fingerprint density at radius 2 is 1.96 bits per heavy atom. The molecule has 0 spiro atoms. The number of benzene rings is 1. The van der Waals surface area contributed by atoms with E-state index in [9.17, 15) is 0 Å². The smallest absolute Gasteiger partial charge is 0.0329 e. The third-order valence-electron chi connectivity index (χ3n) is 5.25. The first-order valence-corrected chi connectivity index (χ1v) is 8.76. The van der Waals surface area contributed by atoms with Crippen LogP contribution in [0.4, 0.5) is 0 Å². The van der Waals surface area contributed by atoms with Crippen molar-refractivity contribution < 1.29 is 0 Å². The lowest BCUT2D eigenvalue weighted by Gasteiger charge is -2.39. The molecule has 1 heterocycles. The van der Waals surface area contributed by atoms with Gasteiger partial charge in [-0.1, -0.05) is 55.8 Å². The molecule has 2 heteroatoms. The second-order valence-corrected chi connectivity index (χ2v) is 7.15. The Balaban J connectivity index is 1.83. The maximum Gasteiger partial charge on any atom is 0.0329 e. The van der Waals surface area contributed by atoms with Crippen molar-refractivity contribution in [2.24, 2.45) is 5.41 Å². The first-order chi connectivity index (χ1) is 11.2. The predicted octanol–water partition coefficient (Wildman–Crippen LogP) is 4.84. The largest absolute Gasteiger partial charge is 0.386 e. The summed E-state index contributed by atoms with van der Waals surface area (Å²) in [5, 5.41) is 6.74. The topological polar surface area (TPSA) is 24.1 Å². The van der Waals surface area contributed by atoms with E-state index in [1.807, 2.05) is 6.20 Å². The molecule has 0 amide bonds. The van der Waals surface area contributed by atoms with Gasteiger partial charge in [0.05, 0.1) is 0 Å². The lowest BCUT2D eigenvalue weighted by Crippen LogP contribution is -2.27. The molecule has 0 aromatic heterocycles. The van der Waals surface area contributed by atoms with Crippen LogP contribution in [0.25, 0.3) is 0 Å². The molecule has 1 aromatic carbocycles. The first-order valence-electron chi connectivity index (χ1n) is 8.76. The summed E-state index contributed by atoms with van der Waals surface area (Å²) >= 11 is 0. The van der Waals surface area contributed by atoms with Crippen molar-refractivity contribution in [3.05, 3.63) is 71.7 Å². The predicted molar refractivity (Wildman–Crippen MR) is 97.9 cm³/mol. The van der Waals surface area contributed by atoms with Gasteiger partial charge in [-0.15, -0.1) is 0 Å². The van der Waals surface area contributed by atoms with E-state index in [1.165, 1.54) is 36.8 Å². The van der Waals surface area contributed by atoms with Gasteiger partial charge in [0.15, 0.2) is 0 Å². The van der Waals surface area contributed by atoms with Gasteiger partial charge in [-0.05, 0) is 48.7 Å². The van der Waals surface area contributed by atoms with Crippen LogP contribution >= 0.6 is 0 Å². The Morgan fingerprint density at radius 1 is 1.13 bits per heavy atom. The lowest BCUT2D eigenvalue weighted by molar-refractivity contribution is 0.244. The second-order valence-electron chi connectivity index (χ2n) is 7.15. The standard InChI is InChI=1S/C21H28N2/c1-17-15-22-13-7-11-20(16-23-17)21(2)12-6-10-19(14-21)18-8-4-3-5-9-18/h3-5,7-9,11,15-16,19,22-23H,6,10,12-14H2,1-2H3/b11-7-,17-15-,20-16+/t19-,21?/m1/s1. The molecular weight excluding hydrogens is 280 g/mol. The van der Waals surface area contributed by atoms with Crippen LogP contribution in [0, 0.1) is 5.41 Å².